The van der Waals surface area contributed by atoms with Crippen LogP contribution in [0.15, 0.2) is 48.5 Å². The largest absolute Gasteiger partial charge is 0.481 e. The summed E-state index contributed by atoms with van der Waals surface area (Å²) in [7, 11) is 1.32. The van der Waals surface area contributed by atoms with Crippen molar-refractivity contribution >= 4 is 34.4 Å². The first-order valence-corrected chi connectivity index (χ1v) is 10.3. The first-order chi connectivity index (χ1) is 15.1. The normalized spacial score (nSPS) is 17.6. The number of aromatic amines is 1. The van der Waals surface area contributed by atoms with Gasteiger partial charge < -0.3 is 19.4 Å². The Morgan fingerprint density at radius 1 is 1.23 bits per heavy atom. The number of H-pyrrole nitrogens is 1. The Balaban J connectivity index is 1.89. The van der Waals surface area contributed by atoms with Gasteiger partial charge in [-0.2, -0.15) is 0 Å². The highest BCUT2D eigenvalue weighted by Gasteiger charge is 2.43. The van der Waals surface area contributed by atoms with Crippen molar-refractivity contribution in [1.29, 1.82) is 0 Å². The number of rotatable bonds is 5. The van der Waals surface area contributed by atoms with Crippen LogP contribution in [0.25, 0.3) is 10.9 Å². The molecule has 0 saturated carbocycles. The third-order valence-electron chi connectivity index (χ3n) is 5.53. The number of benzene rings is 2. The molecule has 31 heavy (non-hydrogen) atoms. The Kier molecular flexibility index (Phi) is 5.88. The van der Waals surface area contributed by atoms with E-state index in [1.54, 1.807) is 12.1 Å². The van der Waals surface area contributed by atoms with Gasteiger partial charge in [-0.1, -0.05) is 36.3 Å². The second kappa shape index (κ2) is 8.75. The summed E-state index contributed by atoms with van der Waals surface area (Å²) in [5.74, 6) is 1.98. The molecule has 6 nitrogen and oxygen atoms in total. The smallest absolute Gasteiger partial charge is 0.328 e. The van der Waals surface area contributed by atoms with E-state index in [1.807, 2.05) is 36.4 Å². The summed E-state index contributed by atoms with van der Waals surface area (Å²) >= 11 is 5.95. The molecule has 1 unspecified atom stereocenters. The number of ether oxygens (including phenoxy) is 2. The van der Waals surface area contributed by atoms with E-state index in [-0.39, 0.29) is 18.4 Å². The average molecular weight is 437 g/mol. The maximum absolute atomic E-state index is 12.9. The van der Waals surface area contributed by atoms with Crippen LogP contribution in [0.3, 0.4) is 0 Å². The molecule has 1 aliphatic heterocycles. The molecular weight excluding hydrogens is 416 g/mol. The molecule has 4 rings (SSSR count). The van der Waals surface area contributed by atoms with Crippen LogP contribution in [0.5, 0.6) is 5.75 Å². The second-order valence-electron chi connectivity index (χ2n) is 7.20. The number of hydrogen-bond donors (Lipinski definition) is 1. The van der Waals surface area contributed by atoms with Crippen LogP contribution in [0, 0.1) is 12.3 Å². The van der Waals surface area contributed by atoms with E-state index in [2.05, 4.69) is 10.9 Å². The van der Waals surface area contributed by atoms with Crippen molar-refractivity contribution in [2.45, 2.75) is 18.5 Å². The number of halogens is 1. The summed E-state index contributed by atoms with van der Waals surface area (Å²) in [6.07, 6.45) is 5.60. The molecule has 2 heterocycles. The molecule has 7 heteroatoms. The van der Waals surface area contributed by atoms with Crippen LogP contribution in [-0.4, -0.2) is 47.4 Å². The fourth-order valence-electron chi connectivity index (χ4n) is 4.20. The summed E-state index contributed by atoms with van der Waals surface area (Å²) in [6, 6.07) is 13.9. The van der Waals surface area contributed by atoms with E-state index in [1.165, 1.54) is 12.0 Å². The van der Waals surface area contributed by atoms with E-state index in [4.69, 9.17) is 27.5 Å². The van der Waals surface area contributed by atoms with Crippen molar-refractivity contribution in [3.8, 4) is 18.1 Å². The number of nitrogens with zero attached hydrogens (tertiary/aromatic N) is 1. The molecule has 2 aromatic carbocycles. The van der Waals surface area contributed by atoms with E-state index in [0.717, 1.165) is 27.7 Å². The summed E-state index contributed by atoms with van der Waals surface area (Å²) in [4.78, 5) is 30.6. The van der Waals surface area contributed by atoms with Gasteiger partial charge in [0.05, 0.1) is 13.2 Å². The topological polar surface area (TPSA) is 71.6 Å². The SMILES string of the molecule is C#CCOc1ccc(C2c3[nH]c4ccccc4c3C[C@@H](C(=O)OC)N2C(=O)CCl)cc1. The number of hydrogen-bond acceptors (Lipinski definition) is 4. The number of esters is 1. The molecule has 0 radical (unpaired) electrons. The van der Waals surface area contributed by atoms with Gasteiger partial charge in [-0.05, 0) is 29.3 Å². The van der Waals surface area contributed by atoms with Gasteiger partial charge in [0.2, 0.25) is 5.91 Å². The standard InChI is InChI=1S/C24H21ClN2O4/c1-3-12-31-16-10-8-15(9-11-16)23-22-18(17-6-4-5-7-19(17)26-22)13-20(24(29)30-2)27(23)21(28)14-25/h1,4-11,20,23,26H,12-14H2,2H3/t20-,23?/m0/s1. The van der Waals surface area contributed by atoms with Gasteiger partial charge in [0.1, 0.15) is 24.3 Å². The third-order valence-corrected chi connectivity index (χ3v) is 5.75. The number of carbonyl (C=O) groups excluding carboxylic acids is 2. The zero-order valence-corrected chi connectivity index (χ0v) is 17.7. The number of aromatic nitrogens is 1. The molecule has 0 spiro atoms. The molecule has 0 aliphatic carbocycles. The highest BCUT2D eigenvalue weighted by atomic mass is 35.5. The first kappa shape index (κ1) is 20.8. The van der Waals surface area contributed by atoms with E-state index < -0.39 is 18.1 Å². The minimum atomic E-state index is -0.787. The van der Waals surface area contributed by atoms with Gasteiger partial charge in [-0.25, -0.2) is 4.79 Å². The minimum Gasteiger partial charge on any atom is -0.481 e. The van der Waals surface area contributed by atoms with Crippen LogP contribution in [0.1, 0.15) is 22.9 Å². The number of carbonyl (C=O) groups is 2. The Hall–Kier alpha value is -3.43. The number of methoxy groups -OCH3 is 1. The van der Waals surface area contributed by atoms with Crippen molar-refractivity contribution in [1.82, 2.24) is 9.88 Å². The molecule has 1 aromatic heterocycles. The summed E-state index contributed by atoms with van der Waals surface area (Å²) < 4.78 is 10.5. The molecule has 2 atom stereocenters. The lowest BCUT2D eigenvalue weighted by Crippen LogP contribution is -2.52. The highest BCUT2D eigenvalue weighted by Crippen LogP contribution is 2.41. The number of fused-ring (bicyclic) bond motifs is 3. The van der Waals surface area contributed by atoms with Gasteiger partial charge in [0.25, 0.3) is 0 Å². The highest BCUT2D eigenvalue weighted by molar-refractivity contribution is 6.27. The lowest BCUT2D eigenvalue weighted by atomic mass is 9.88. The van der Waals surface area contributed by atoms with Crippen molar-refractivity contribution in [2.24, 2.45) is 0 Å². The Labute approximate surface area is 185 Å². The van der Waals surface area contributed by atoms with Gasteiger partial charge in [-0.3, -0.25) is 4.79 Å². The maximum atomic E-state index is 12.9. The number of para-hydroxylation sites is 1. The summed E-state index contributed by atoms with van der Waals surface area (Å²) in [5.41, 5.74) is 3.60. The second-order valence-corrected chi connectivity index (χ2v) is 7.47. The predicted octanol–water partition coefficient (Wildman–Crippen LogP) is 3.43. The molecule has 1 N–H and O–H groups in total. The van der Waals surface area contributed by atoms with Crippen molar-refractivity contribution in [3.05, 3.63) is 65.4 Å². The minimum absolute atomic E-state index is 0.163. The van der Waals surface area contributed by atoms with E-state index >= 15 is 0 Å². The van der Waals surface area contributed by atoms with Crippen molar-refractivity contribution in [2.75, 3.05) is 19.6 Å². The lowest BCUT2D eigenvalue weighted by Gasteiger charge is -2.40. The lowest BCUT2D eigenvalue weighted by molar-refractivity contribution is -0.154. The van der Waals surface area contributed by atoms with Crippen LogP contribution in [-0.2, 0) is 20.7 Å². The number of terminal acetylenes is 1. The van der Waals surface area contributed by atoms with Gasteiger partial charge in [0.15, 0.2) is 0 Å². The van der Waals surface area contributed by atoms with Gasteiger partial charge in [0, 0.05) is 23.0 Å². The maximum Gasteiger partial charge on any atom is 0.328 e. The molecule has 1 amide bonds. The van der Waals surface area contributed by atoms with Gasteiger partial charge >= 0.3 is 5.97 Å². The van der Waals surface area contributed by atoms with Crippen LogP contribution < -0.4 is 4.74 Å². The fraction of sp³-hybridized carbons (Fsp3) is 0.250. The van der Waals surface area contributed by atoms with Crippen molar-refractivity contribution in [3.63, 3.8) is 0 Å². The number of amides is 1. The third kappa shape index (κ3) is 3.73. The van der Waals surface area contributed by atoms with E-state index in [0.29, 0.717) is 12.2 Å². The molecule has 3 aromatic rings. The monoisotopic (exact) mass is 436 g/mol. The Morgan fingerprint density at radius 3 is 2.65 bits per heavy atom. The summed E-state index contributed by atoms with van der Waals surface area (Å²) in [5, 5.41) is 1.02. The Bertz CT molecular complexity index is 1160. The molecule has 0 fully saturated rings. The zero-order valence-electron chi connectivity index (χ0n) is 16.9. The molecule has 0 saturated heterocycles. The van der Waals surface area contributed by atoms with Gasteiger partial charge in [-0.15, -0.1) is 18.0 Å². The zero-order chi connectivity index (χ0) is 22.0. The molecule has 1 aliphatic rings. The number of nitrogens with one attached hydrogen (secondary N) is 1. The quantitative estimate of drug-likeness (QED) is 0.378. The molecular formula is C24H21ClN2O4. The Morgan fingerprint density at radius 2 is 1.97 bits per heavy atom. The summed E-state index contributed by atoms with van der Waals surface area (Å²) in [6.45, 7) is 0.163. The van der Waals surface area contributed by atoms with E-state index in [9.17, 15) is 9.59 Å². The van der Waals surface area contributed by atoms with Crippen LogP contribution in [0.4, 0.5) is 0 Å². The molecule has 0 bridgehead atoms. The van der Waals surface area contributed by atoms with Crippen LogP contribution >= 0.6 is 11.6 Å². The first-order valence-electron chi connectivity index (χ1n) is 9.79. The van der Waals surface area contributed by atoms with Crippen molar-refractivity contribution < 1.29 is 19.1 Å². The predicted molar refractivity (Wildman–Crippen MR) is 118 cm³/mol. The fourth-order valence-corrected chi connectivity index (χ4v) is 4.34. The number of alkyl halides is 1. The average Bonchev–Trinajstić information content (AvgIpc) is 3.19. The molecule has 158 valence electrons. The van der Waals surface area contributed by atoms with Crippen LogP contribution in [0.2, 0.25) is 0 Å².